The standard InChI is InChI=1S/C27H24Cl2N2O2/c1-2-33-17-14-12-16(13-15-17)30-27(32)21-9-4-7-19-18-6-3-8-20(18)26(31-25(19)21)24-22(28)10-5-11-23(24)29/h3-7,9-15,18,20,26,31H,2,8H2,1H3,(H,30,32). The third kappa shape index (κ3) is 4.09. The van der Waals surface area contributed by atoms with Crippen molar-refractivity contribution in [3.8, 4) is 5.75 Å². The summed E-state index contributed by atoms with van der Waals surface area (Å²) < 4.78 is 5.49. The second-order valence-electron chi connectivity index (χ2n) is 8.29. The molecule has 0 fully saturated rings. The van der Waals surface area contributed by atoms with E-state index in [1.54, 1.807) is 0 Å². The van der Waals surface area contributed by atoms with Crippen LogP contribution in [0, 0.1) is 5.92 Å². The van der Waals surface area contributed by atoms with Crippen LogP contribution in [0.2, 0.25) is 10.0 Å². The average Bonchev–Trinajstić information content (AvgIpc) is 3.30. The van der Waals surface area contributed by atoms with E-state index in [0.717, 1.165) is 29.0 Å². The molecule has 3 atom stereocenters. The summed E-state index contributed by atoms with van der Waals surface area (Å²) in [5, 5.41) is 7.91. The number of anilines is 2. The summed E-state index contributed by atoms with van der Waals surface area (Å²) in [5.41, 5.74) is 4.13. The van der Waals surface area contributed by atoms with Gasteiger partial charge in [0, 0.05) is 27.2 Å². The van der Waals surface area contributed by atoms with E-state index in [1.807, 2.05) is 61.5 Å². The number of ether oxygens (including phenoxy) is 1. The Kier molecular flexibility index (Phi) is 6.05. The second kappa shape index (κ2) is 9.12. The molecular formula is C27H24Cl2N2O2. The Balaban J connectivity index is 1.50. The topological polar surface area (TPSA) is 50.4 Å². The molecule has 0 saturated carbocycles. The lowest BCUT2D eigenvalue weighted by atomic mass is 9.76. The maximum absolute atomic E-state index is 13.3. The molecule has 1 aliphatic heterocycles. The zero-order valence-electron chi connectivity index (χ0n) is 18.1. The van der Waals surface area contributed by atoms with Crippen LogP contribution in [0.15, 0.2) is 72.8 Å². The summed E-state index contributed by atoms with van der Waals surface area (Å²) in [6.45, 7) is 2.54. The van der Waals surface area contributed by atoms with Crippen molar-refractivity contribution in [2.45, 2.75) is 25.3 Å². The number of hydrogen-bond donors (Lipinski definition) is 2. The molecule has 2 aliphatic rings. The number of rotatable bonds is 5. The van der Waals surface area contributed by atoms with Crippen molar-refractivity contribution in [1.29, 1.82) is 0 Å². The number of fused-ring (bicyclic) bond motifs is 3. The van der Waals surface area contributed by atoms with E-state index in [-0.39, 0.29) is 23.8 Å². The van der Waals surface area contributed by atoms with E-state index < -0.39 is 0 Å². The fourth-order valence-corrected chi connectivity index (χ4v) is 5.54. The Bertz CT molecular complexity index is 1200. The van der Waals surface area contributed by atoms with Crippen LogP contribution in [0.3, 0.4) is 0 Å². The van der Waals surface area contributed by atoms with E-state index in [2.05, 4.69) is 28.9 Å². The Morgan fingerprint density at radius 1 is 1.06 bits per heavy atom. The van der Waals surface area contributed by atoms with Crippen LogP contribution in [0.25, 0.3) is 0 Å². The zero-order valence-corrected chi connectivity index (χ0v) is 19.7. The fourth-order valence-electron chi connectivity index (χ4n) is 4.90. The van der Waals surface area contributed by atoms with Gasteiger partial charge in [0.05, 0.1) is 23.9 Å². The largest absolute Gasteiger partial charge is 0.494 e. The summed E-state index contributed by atoms with van der Waals surface area (Å²) >= 11 is 13.2. The van der Waals surface area contributed by atoms with Crippen LogP contribution in [0.4, 0.5) is 11.4 Å². The molecule has 33 heavy (non-hydrogen) atoms. The highest BCUT2D eigenvalue weighted by Crippen LogP contribution is 2.52. The third-order valence-corrected chi connectivity index (χ3v) is 7.03. The Morgan fingerprint density at radius 2 is 1.79 bits per heavy atom. The zero-order chi connectivity index (χ0) is 22.9. The van der Waals surface area contributed by atoms with E-state index in [1.165, 1.54) is 0 Å². The highest BCUT2D eigenvalue weighted by Gasteiger charge is 2.40. The van der Waals surface area contributed by atoms with Gasteiger partial charge in [0.2, 0.25) is 0 Å². The molecule has 1 aliphatic carbocycles. The SMILES string of the molecule is CCOc1ccc(NC(=O)c2cccc3c2NC(c2c(Cl)cccc2Cl)C2CC=CC32)cc1. The molecule has 2 N–H and O–H groups in total. The van der Waals surface area contributed by atoms with Gasteiger partial charge in [-0.3, -0.25) is 4.79 Å². The van der Waals surface area contributed by atoms with Gasteiger partial charge >= 0.3 is 0 Å². The van der Waals surface area contributed by atoms with Gasteiger partial charge in [0.15, 0.2) is 0 Å². The predicted octanol–water partition coefficient (Wildman–Crippen LogP) is 7.47. The van der Waals surface area contributed by atoms with Crippen molar-refractivity contribution in [2.75, 3.05) is 17.2 Å². The number of hydrogen-bond acceptors (Lipinski definition) is 3. The van der Waals surface area contributed by atoms with Gasteiger partial charge in [-0.1, -0.05) is 53.6 Å². The van der Waals surface area contributed by atoms with Crippen molar-refractivity contribution < 1.29 is 9.53 Å². The van der Waals surface area contributed by atoms with Crippen LogP contribution in [-0.2, 0) is 0 Å². The van der Waals surface area contributed by atoms with Gasteiger partial charge in [-0.15, -0.1) is 0 Å². The first-order valence-corrected chi connectivity index (χ1v) is 11.9. The highest BCUT2D eigenvalue weighted by molar-refractivity contribution is 6.36. The predicted molar refractivity (Wildman–Crippen MR) is 135 cm³/mol. The maximum Gasteiger partial charge on any atom is 0.257 e. The average molecular weight is 479 g/mol. The van der Waals surface area contributed by atoms with Gasteiger partial charge in [0.1, 0.15) is 5.75 Å². The fraction of sp³-hybridized carbons (Fsp3) is 0.222. The Morgan fingerprint density at radius 3 is 2.52 bits per heavy atom. The molecule has 4 nitrogen and oxygen atoms in total. The number of carbonyl (C=O) groups is 1. The van der Waals surface area contributed by atoms with E-state index in [4.69, 9.17) is 27.9 Å². The molecule has 168 valence electrons. The first kappa shape index (κ1) is 21.9. The Hall–Kier alpha value is -2.95. The normalized spacial score (nSPS) is 20.5. The van der Waals surface area contributed by atoms with Crippen molar-refractivity contribution in [2.24, 2.45) is 5.92 Å². The summed E-state index contributed by atoms with van der Waals surface area (Å²) in [7, 11) is 0. The molecular weight excluding hydrogens is 455 g/mol. The summed E-state index contributed by atoms with van der Waals surface area (Å²) in [5.74, 6) is 1.07. The number of halogens is 2. The number of benzene rings is 3. The molecule has 0 spiro atoms. The van der Waals surface area contributed by atoms with E-state index in [9.17, 15) is 4.79 Å². The first-order chi connectivity index (χ1) is 16.1. The molecule has 6 heteroatoms. The first-order valence-electron chi connectivity index (χ1n) is 11.1. The third-order valence-electron chi connectivity index (χ3n) is 6.38. The van der Waals surface area contributed by atoms with Gasteiger partial charge in [-0.2, -0.15) is 0 Å². The van der Waals surface area contributed by atoms with Crippen LogP contribution >= 0.6 is 23.2 Å². The molecule has 5 rings (SSSR count). The number of carbonyl (C=O) groups excluding carboxylic acids is 1. The van der Waals surface area contributed by atoms with Crippen molar-refractivity contribution in [1.82, 2.24) is 0 Å². The molecule has 3 aromatic carbocycles. The molecule has 1 amide bonds. The smallest absolute Gasteiger partial charge is 0.257 e. The van der Waals surface area contributed by atoms with Crippen LogP contribution < -0.4 is 15.4 Å². The Labute approximate surface area is 203 Å². The van der Waals surface area contributed by atoms with Crippen LogP contribution in [0.5, 0.6) is 5.75 Å². The summed E-state index contributed by atoms with van der Waals surface area (Å²) in [4.78, 5) is 13.3. The lowest BCUT2D eigenvalue weighted by Gasteiger charge is -2.39. The number of amides is 1. The maximum atomic E-state index is 13.3. The second-order valence-corrected chi connectivity index (χ2v) is 9.11. The monoisotopic (exact) mass is 478 g/mol. The van der Waals surface area contributed by atoms with E-state index >= 15 is 0 Å². The highest BCUT2D eigenvalue weighted by atomic mass is 35.5. The molecule has 0 aromatic heterocycles. The van der Waals surface area contributed by atoms with Crippen molar-refractivity contribution in [3.63, 3.8) is 0 Å². The van der Waals surface area contributed by atoms with E-state index in [0.29, 0.717) is 27.9 Å². The van der Waals surface area contributed by atoms with Gasteiger partial charge in [-0.05, 0) is 67.3 Å². The van der Waals surface area contributed by atoms with Crippen molar-refractivity contribution >= 4 is 40.5 Å². The molecule has 0 radical (unpaired) electrons. The number of nitrogens with one attached hydrogen (secondary N) is 2. The molecule has 0 saturated heterocycles. The van der Waals surface area contributed by atoms with Gasteiger partial charge in [0.25, 0.3) is 5.91 Å². The lowest BCUT2D eigenvalue weighted by Crippen LogP contribution is -2.31. The number of allylic oxidation sites excluding steroid dienone is 2. The van der Waals surface area contributed by atoms with Crippen LogP contribution in [0.1, 0.15) is 46.8 Å². The van der Waals surface area contributed by atoms with Crippen molar-refractivity contribution in [3.05, 3.63) is 99.6 Å². The molecule has 3 aromatic rings. The molecule has 0 bridgehead atoms. The lowest BCUT2D eigenvalue weighted by molar-refractivity contribution is 0.102. The molecule has 1 heterocycles. The molecule has 3 unspecified atom stereocenters. The minimum absolute atomic E-state index is 0.0990. The summed E-state index contributed by atoms with van der Waals surface area (Å²) in [6.07, 6.45) is 5.36. The minimum Gasteiger partial charge on any atom is -0.494 e. The summed E-state index contributed by atoms with van der Waals surface area (Å²) in [6, 6.07) is 18.7. The van der Waals surface area contributed by atoms with Gasteiger partial charge in [-0.25, -0.2) is 0 Å². The minimum atomic E-state index is -0.173. The van der Waals surface area contributed by atoms with Crippen LogP contribution in [-0.4, -0.2) is 12.5 Å². The van der Waals surface area contributed by atoms with Gasteiger partial charge < -0.3 is 15.4 Å². The number of para-hydroxylation sites is 1. The quantitative estimate of drug-likeness (QED) is 0.373.